The summed E-state index contributed by atoms with van der Waals surface area (Å²) in [5.74, 6) is 0. The maximum absolute atomic E-state index is 11.2. The second kappa shape index (κ2) is 6.88. The second-order valence-corrected chi connectivity index (χ2v) is 6.86. The lowest BCUT2D eigenvalue weighted by molar-refractivity contribution is -0.0776. The van der Waals surface area contributed by atoms with Crippen molar-refractivity contribution in [3.63, 3.8) is 0 Å². The number of benzene rings is 1. The Kier molecular flexibility index (Phi) is 5.17. The minimum Gasteiger partial charge on any atom is -0.350 e. The maximum atomic E-state index is 11.2. The molecule has 0 aliphatic rings. The quantitative estimate of drug-likeness (QED) is 0.630. The van der Waals surface area contributed by atoms with Crippen molar-refractivity contribution in [2.24, 2.45) is 5.73 Å². The Balaban J connectivity index is 2.13. The molecule has 1 unspecified atom stereocenters. The zero-order valence-electron chi connectivity index (χ0n) is 10.7. The molecule has 4 nitrogen and oxygen atoms in total. The van der Waals surface area contributed by atoms with Gasteiger partial charge in [0.15, 0.2) is 0 Å². The lowest BCUT2D eigenvalue weighted by Gasteiger charge is -2.23. The molecule has 20 heavy (non-hydrogen) atoms. The maximum Gasteiger partial charge on any atom is 0.339 e. The van der Waals surface area contributed by atoms with E-state index >= 15 is 0 Å². The van der Waals surface area contributed by atoms with Crippen molar-refractivity contribution in [1.82, 2.24) is 5.06 Å². The number of amides is 2. The van der Waals surface area contributed by atoms with Crippen LogP contribution >= 0.6 is 27.3 Å². The van der Waals surface area contributed by atoms with Gasteiger partial charge in [0.25, 0.3) is 0 Å². The number of hydroxylamine groups is 2. The van der Waals surface area contributed by atoms with Crippen LogP contribution in [0.1, 0.15) is 22.9 Å². The summed E-state index contributed by atoms with van der Waals surface area (Å²) in [5.41, 5.74) is 6.34. The van der Waals surface area contributed by atoms with Crippen molar-refractivity contribution < 1.29 is 10.0 Å². The average Bonchev–Trinajstić information content (AvgIpc) is 2.86. The van der Waals surface area contributed by atoms with Gasteiger partial charge < -0.3 is 5.73 Å². The lowest BCUT2D eigenvalue weighted by Crippen LogP contribution is -2.36. The molecule has 0 spiro atoms. The van der Waals surface area contributed by atoms with Crippen LogP contribution in [0.15, 0.2) is 46.3 Å². The number of rotatable bonds is 5. The molecule has 2 rings (SSSR count). The molecule has 106 valence electrons. The Hall–Kier alpha value is -1.37. The third kappa shape index (κ3) is 3.82. The Bertz CT molecular complexity index is 574. The topological polar surface area (TPSA) is 66.6 Å². The van der Waals surface area contributed by atoms with E-state index in [0.29, 0.717) is 11.5 Å². The SMILES string of the molecule is NC(=O)N(O)C(CCc1ccccc1)c1ccc(Br)s1. The number of primary amides is 1. The molecule has 0 saturated heterocycles. The van der Waals surface area contributed by atoms with E-state index < -0.39 is 12.1 Å². The van der Waals surface area contributed by atoms with E-state index in [1.54, 1.807) is 0 Å². The first-order chi connectivity index (χ1) is 9.58. The molecule has 1 aromatic heterocycles. The summed E-state index contributed by atoms with van der Waals surface area (Å²) >= 11 is 4.87. The van der Waals surface area contributed by atoms with Gasteiger partial charge in [-0.2, -0.15) is 5.06 Å². The van der Waals surface area contributed by atoms with Gasteiger partial charge >= 0.3 is 6.03 Å². The molecule has 0 bridgehead atoms. The van der Waals surface area contributed by atoms with Crippen LogP contribution in [0.5, 0.6) is 0 Å². The van der Waals surface area contributed by atoms with Gasteiger partial charge in [0.1, 0.15) is 0 Å². The molecule has 0 radical (unpaired) electrons. The van der Waals surface area contributed by atoms with E-state index in [9.17, 15) is 10.0 Å². The smallest absolute Gasteiger partial charge is 0.339 e. The summed E-state index contributed by atoms with van der Waals surface area (Å²) in [6.45, 7) is 0. The number of nitrogens with zero attached hydrogens (tertiary/aromatic N) is 1. The Morgan fingerprint density at radius 3 is 2.55 bits per heavy atom. The van der Waals surface area contributed by atoms with E-state index in [1.165, 1.54) is 11.3 Å². The van der Waals surface area contributed by atoms with Gasteiger partial charge in [-0.15, -0.1) is 11.3 Å². The third-order valence-electron chi connectivity index (χ3n) is 2.99. The molecule has 2 amide bonds. The third-order valence-corrected chi connectivity index (χ3v) is 4.72. The van der Waals surface area contributed by atoms with Gasteiger partial charge in [0.2, 0.25) is 0 Å². The van der Waals surface area contributed by atoms with Crippen LogP contribution < -0.4 is 5.73 Å². The monoisotopic (exact) mass is 354 g/mol. The number of urea groups is 1. The zero-order valence-corrected chi connectivity index (χ0v) is 13.1. The highest BCUT2D eigenvalue weighted by Crippen LogP contribution is 2.32. The van der Waals surface area contributed by atoms with Crippen LogP contribution in [0, 0.1) is 0 Å². The molecular weight excluding hydrogens is 340 g/mol. The van der Waals surface area contributed by atoms with Gasteiger partial charge in [-0.1, -0.05) is 30.3 Å². The number of carbonyl (C=O) groups is 1. The van der Waals surface area contributed by atoms with Gasteiger partial charge in [0, 0.05) is 4.88 Å². The van der Waals surface area contributed by atoms with Crippen LogP contribution in [0.4, 0.5) is 4.79 Å². The van der Waals surface area contributed by atoms with Crippen LogP contribution in [0.3, 0.4) is 0 Å². The Morgan fingerprint density at radius 2 is 2.00 bits per heavy atom. The molecule has 2 aromatic rings. The van der Waals surface area contributed by atoms with Crippen molar-refractivity contribution in [2.75, 3.05) is 0 Å². The fourth-order valence-electron chi connectivity index (χ4n) is 1.99. The number of thiophene rings is 1. The number of halogens is 1. The van der Waals surface area contributed by atoms with E-state index in [-0.39, 0.29) is 0 Å². The number of carbonyl (C=O) groups excluding carboxylic acids is 1. The molecular formula is C14H15BrN2O2S. The van der Waals surface area contributed by atoms with Crippen molar-refractivity contribution in [3.05, 3.63) is 56.7 Å². The van der Waals surface area contributed by atoms with Gasteiger partial charge in [-0.25, -0.2) is 4.79 Å². The number of nitrogens with two attached hydrogens (primary N) is 1. The van der Waals surface area contributed by atoms with Crippen LogP contribution in [-0.2, 0) is 6.42 Å². The first-order valence-electron chi connectivity index (χ1n) is 6.14. The van der Waals surface area contributed by atoms with E-state index in [0.717, 1.165) is 20.6 Å². The zero-order chi connectivity index (χ0) is 14.5. The molecule has 0 saturated carbocycles. The summed E-state index contributed by atoms with van der Waals surface area (Å²) in [6, 6.07) is 12.4. The first-order valence-corrected chi connectivity index (χ1v) is 7.75. The van der Waals surface area contributed by atoms with E-state index in [4.69, 9.17) is 5.73 Å². The van der Waals surface area contributed by atoms with Gasteiger partial charge in [-0.05, 0) is 46.5 Å². The van der Waals surface area contributed by atoms with E-state index in [2.05, 4.69) is 15.9 Å². The molecule has 6 heteroatoms. The fourth-order valence-corrected chi connectivity index (χ4v) is 3.54. The Morgan fingerprint density at radius 1 is 1.30 bits per heavy atom. The molecule has 3 N–H and O–H groups in total. The fraction of sp³-hybridized carbons (Fsp3) is 0.214. The molecule has 1 heterocycles. The van der Waals surface area contributed by atoms with E-state index in [1.807, 2.05) is 42.5 Å². The highest BCUT2D eigenvalue weighted by molar-refractivity contribution is 9.11. The predicted molar refractivity (Wildman–Crippen MR) is 82.7 cm³/mol. The van der Waals surface area contributed by atoms with Crippen LogP contribution in [0.25, 0.3) is 0 Å². The summed E-state index contributed by atoms with van der Waals surface area (Å²) in [6.07, 6.45) is 1.36. The molecule has 1 atom stereocenters. The molecule has 0 aliphatic carbocycles. The number of aryl methyl sites for hydroxylation is 1. The van der Waals surface area contributed by atoms with Crippen molar-refractivity contribution >= 4 is 33.3 Å². The van der Waals surface area contributed by atoms with Crippen LogP contribution in [0.2, 0.25) is 0 Å². The summed E-state index contributed by atoms with van der Waals surface area (Å²) < 4.78 is 0.954. The van der Waals surface area contributed by atoms with Crippen molar-refractivity contribution in [1.29, 1.82) is 0 Å². The van der Waals surface area contributed by atoms with Crippen molar-refractivity contribution in [3.8, 4) is 0 Å². The number of hydrogen-bond acceptors (Lipinski definition) is 3. The minimum atomic E-state index is -0.840. The summed E-state index contributed by atoms with van der Waals surface area (Å²) in [4.78, 5) is 12.1. The highest BCUT2D eigenvalue weighted by atomic mass is 79.9. The Labute approximate surface area is 129 Å². The molecule has 1 aromatic carbocycles. The second-order valence-electron chi connectivity index (χ2n) is 4.36. The molecule has 0 aliphatic heterocycles. The van der Waals surface area contributed by atoms with Crippen LogP contribution in [-0.4, -0.2) is 16.3 Å². The average molecular weight is 355 g/mol. The first kappa shape index (κ1) is 15.0. The number of hydrogen-bond donors (Lipinski definition) is 2. The van der Waals surface area contributed by atoms with Gasteiger partial charge in [-0.3, -0.25) is 5.21 Å². The lowest BCUT2D eigenvalue weighted by atomic mass is 10.0. The highest BCUT2D eigenvalue weighted by Gasteiger charge is 2.23. The summed E-state index contributed by atoms with van der Waals surface area (Å²) in [5, 5.41) is 10.5. The largest absolute Gasteiger partial charge is 0.350 e. The summed E-state index contributed by atoms with van der Waals surface area (Å²) in [7, 11) is 0. The van der Waals surface area contributed by atoms with Crippen molar-refractivity contribution in [2.45, 2.75) is 18.9 Å². The normalized spacial score (nSPS) is 12.1. The minimum absolute atomic E-state index is 0.427. The molecule has 0 fully saturated rings. The predicted octanol–water partition coefficient (Wildman–Crippen LogP) is 3.95. The van der Waals surface area contributed by atoms with Gasteiger partial charge in [0.05, 0.1) is 9.83 Å². The standard InChI is InChI=1S/C14H15BrN2O2S/c15-13-9-8-12(20-13)11(17(19)14(16)18)7-6-10-4-2-1-3-5-10/h1-5,8-9,11,19H,6-7H2,(H2,16,18).